The van der Waals surface area contributed by atoms with Crippen molar-refractivity contribution in [3.63, 3.8) is 0 Å². The fourth-order valence-corrected chi connectivity index (χ4v) is 2.25. The lowest BCUT2D eigenvalue weighted by Gasteiger charge is -2.13. The Morgan fingerprint density at radius 1 is 1.37 bits per heavy atom. The second-order valence-corrected chi connectivity index (χ2v) is 5.26. The SMILES string of the molecule is CCCCC(CC)COCc1cc(CNC)c(C)o1. The van der Waals surface area contributed by atoms with E-state index in [1.54, 1.807) is 0 Å². The summed E-state index contributed by atoms with van der Waals surface area (Å²) in [7, 11) is 1.95. The molecule has 1 aromatic heterocycles. The molecule has 1 aromatic rings. The maximum Gasteiger partial charge on any atom is 0.130 e. The Morgan fingerprint density at radius 2 is 2.16 bits per heavy atom. The Kier molecular flexibility index (Phi) is 7.84. The van der Waals surface area contributed by atoms with Gasteiger partial charge in [-0.15, -0.1) is 0 Å². The highest BCUT2D eigenvalue weighted by molar-refractivity contribution is 5.20. The third-order valence-electron chi connectivity index (χ3n) is 3.58. The predicted molar refractivity (Wildman–Crippen MR) is 79.2 cm³/mol. The third-order valence-corrected chi connectivity index (χ3v) is 3.58. The molecule has 0 fully saturated rings. The highest BCUT2D eigenvalue weighted by atomic mass is 16.5. The van der Waals surface area contributed by atoms with Crippen LogP contribution in [0.25, 0.3) is 0 Å². The Bertz CT molecular complexity index is 347. The van der Waals surface area contributed by atoms with E-state index in [4.69, 9.17) is 9.15 Å². The van der Waals surface area contributed by atoms with Crippen LogP contribution >= 0.6 is 0 Å². The number of aryl methyl sites for hydroxylation is 1. The normalized spacial score (nSPS) is 12.8. The number of hydrogen-bond acceptors (Lipinski definition) is 3. The summed E-state index contributed by atoms with van der Waals surface area (Å²) in [5.74, 6) is 2.62. The topological polar surface area (TPSA) is 34.4 Å². The van der Waals surface area contributed by atoms with E-state index in [9.17, 15) is 0 Å². The summed E-state index contributed by atoms with van der Waals surface area (Å²) >= 11 is 0. The van der Waals surface area contributed by atoms with Crippen molar-refractivity contribution in [3.8, 4) is 0 Å². The van der Waals surface area contributed by atoms with Gasteiger partial charge in [0.1, 0.15) is 18.1 Å². The van der Waals surface area contributed by atoms with Crippen LogP contribution in [-0.4, -0.2) is 13.7 Å². The van der Waals surface area contributed by atoms with E-state index in [2.05, 4.69) is 25.2 Å². The van der Waals surface area contributed by atoms with Crippen molar-refractivity contribution in [2.75, 3.05) is 13.7 Å². The van der Waals surface area contributed by atoms with Gasteiger partial charge in [-0.1, -0.05) is 33.1 Å². The molecule has 1 atom stereocenters. The van der Waals surface area contributed by atoms with E-state index in [1.165, 1.54) is 31.2 Å². The van der Waals surface area contributed by atoms with Crippen LogP contribution in [0.4, 0.5) is 0 Å². The Balaban J connectivity index is 2.33. The first-order valence-electron chi connectivity index (χ1n) is 7.51. The zero-order chi connectivity index (χ0) is 14.1. The fraction of sp³-hybridized carbons (Fsp3) is 0.750. The Hall–Kier alpha value is -0.800. The first-order chi connectivity index (χ1) is 9.21. The summed E-state index contributed by atoms with van der Waals surface area (Å²) in [6.45, 7) is 8.77. The number of unbranched alkanes of at least 4 members (excludes halogenated alkanes) is 1. The van der Waals surface area contributed by atoms with E-state index in [1.807, 2.05) is 14.0 Å². The van der Waals surface area contributed by atoms with Crippen molar-refractivity contribution in [1.29, 1.82) is 0 Å². The van der Waals surface area contributed by atoms with Gasteiger partial charge in [0.15, 0.2) is 0 Å². The van der Waals surface area contributed by atoms with Crippen LogP contribution in [0, 0.1) is 12.8 Å². The highest BCUT2D eigenvalue weighted by Gasteiger charge is 2.09. The summed E-state index contributed by atoms with van der Waals surface area (Å²) in [6, 6.07) is 2.10. The van der Waals surface area contributed by atoms with Crippen LogP contribution in [0.1, 0.15) is 56.6 Å². The van der Waals surface area contributed by atoms with E-state index in [-0.39, 0.29) is 0 Å². The molecule has 0 aliphatic heterocycles. The van der Waals surface area contributed by atoms with E-state index >= 15 is 0 Å². The largest absolute Gasteiger partial charge is 0.464 e. The average molecular weight is 267 g/mol. The van der Waals surface area contributed by atoms with Crippen LogP contribution in [-0.2, 0) is 17.9 Å². The standard InChI is InChI=1S/C16H29NO2/c1-5-7-8-14(6-2)11-18-12-16-9-15(10-17-4)13(3)19-16/h9,14,17H,5-8,10-12H2,1-4H3. The molecule has 0 amide bonds. The van der Waals surface area contributed by atoms with Gasteiger partial charge in [-0.05, 0) is 32.4 Å². The van der Waals surface area contributed by atoms with Crippen LogP contribution < -0.4 is 5.32 Å². The first-order valence-corrected chi connectivity index (χ1v) is 7.51. The first kappa shape index (κ1) is 16.3. The van der Waals surface area contributed by atoms with Gasteiger partial charge >= 0.3 is 0 Å². The van der Waals surface area contributed by atoms with E-state index in [0.29, 0.717) is 12.5 Å². The summed E-state index contributed by atoms with van der Waals surface area (Å²) in [4.78, 5) is 0. The zero-order valence-electron chi connectivity index (χ0n) is 12.9. The maximum absolute atomic E-state index is 5.80. The molecule has 1 N–H and O–H groups in total. The molecule has 1 unspecified atom stereocenters. The molecule has 0 spiro atoms. The van der Waals surface area contributed by atoms with Gasteiger partial charge in [0.2, 0.25) is 0 Å². The second kappa shape index (κ2) is 9.16. The quantitative estimate of drug-likeness (QED) is 0.694. The average Bonchev–Trinajstić information content (AvgIpc) is 2.75. The molecule has 19 heavy (non-hydrogen) atoms. The molecular weight excluding hydrogens is 238 g/mol. The molecule has 0 bridgehead atoms. The molecule has 0 radical (unpaired) electrons. The molecule has 1 heterocycles. The number of rotatable bonds is 10. The molecule has 0 saturated carbocycles. The van der Waals surface area contributed by atoms with Gasteiger partial charge in [-0.3, -0.25) is 0 Å². The summed E-state index contributed by atoms with van der Waals surface area (Å²) in [5, 5.41) is 3.14. The van der Waals surface area contributed by atoms with Crippen molar-refractivity contribution in [3.05, 3.63) is 23.2 Å². The lowest BCUT2D eigenvalue weighted by molar-refractivity contribution is 0.0705. The van der Waals surface area contributed by atoms with Crippen LogP contribution in [0.5, 0.6) is 0 Å². The molecule has 0 saturated heterocycles. The number of furan rings is 1. The molecule has 1 rings (SSSR count). The maximum atomic E-state index is 5.80. The van der Waals surface area contributed by atoms with Gasteiger partial charge in [-0.25, -0.2) is 0 Å². The number of hydrogen-bond donors (Lipinski definition) is 1. The van der Waals surface area contributed by atoms with Crippen molar-refractivity contribution in [2.24, 2.45) is 5.92 Å². The van der Waals surface area contributed by atoms with E-state index in [0.717, 1.165) is 24.7 Å². The smallest absolute Gasteiger partial charge is 0.130 e. The minimum atomic E-state index is 0.590. The van der Waals surface area contributed by atoms with Gasteiger partial charge in [-0.2, -0.15) is 0 Å². The van der Waals surface area contributed by atoms with Crippen LogP contribution in [0.2, 0.25) is 0 Å². The Labute approximate surface area is 117 Å². The molecule has 0 aliphatic carbocycles. The minimum absolute atomic E-state index is 0.590. The molecule has 110 valence electrons. The number of nitrogens with one attached hydrogen (secondary N) is 1. The fourth-order valence-electron chi connectivity index (χ4n) is 2.25. The van der Waals surface area contributed by atoms with Gasteiger partial charge in [0, 0.05) is 18.7 Å². The molecule has 0 aliphatic rings. The van der Waals surface area contributed by atoms with Crippen molar-refractivity contribution >= 4 is 0 Å². The summed E-state index contributed by atoms with van der Waals surface area (Å²) < 4.78 is 11.5. The summed E-state index contributed by atoms with van der Waals surface area (Å²) in [6.07, 6.45) is 5.03. The van der Waals surface area contributed by atoms with Gasteiger partial charge in [0.05, 0.1) is 0 Å². The van der Waals surface area contributed by atoms with Crippen molar-refractivity contribution in [2.45, 2.75) is 59.6 Å². The van der Waals surface area contributed by atoms with Crippen molar-refractivity contribution in [1.82, 2.24) is 5.32 Å². The van der Waals surface area contributed by atoms with Gasteiger partial charge in [0.25, 0.3) is 0 Å². The zero-order valence-corrected chi connectivity index (χ0v) is 12.9. The summed E-state index contributed by atoms with van der Waals surface area (Å²) in [5.41, 5.74) is 1.22. The highest BCUT2D eigenvalue weighted by Crippen LogP contribution is 2.17. The van der Waals surface area contributed by atoms with Crippen LogP contribution in [0.3, 0.4) is 0 Å². The van der Waals surface area contributed by atoms with Crippen LogP contribution in [0.15, 0.2) is 10.5 Å². The molecule has 3 nitrogen and oxygen atoms in total. The number of ether oxygens (including phenoxy) is 1. The van der Waals surface area contributed by atoms with Gasteiger partial charge < -0.3 is 14.5 Å². The lowest BCUT2D eigenvalue weighted by Crippen LogP contribution is -2.08. The monoisotopic (exact) mass is 267 g/mol. The third kappa shape index (κ3) is 5.79. The lowest BCUT2D eigenvalue weighted by atomic mass is 10.0. The molecular formula is C16H29NO2. The van der Waals surface area contributed by atoms with Crippen molar-refractivity contribution < 1.29 is 9.15 Å². The second-order valence-electron chi connectivity index (χ2n) is 5.26. The predicted octanol–water partition coefficient (Wildman–Crippen LogP) is 4.04. The minimum Gasteiger partial charge on any atom is -0.464 e. The Morgan fingerprint density at radius 3 is 2.79 bits per heavy atom. The molecule has 3 heteroatoms. The van der Waals surface area contributed by atoms with E-state index < -0.39 is 0 Å². The molecule has 0 aromatic carbocycles.